The molecule has 1 heterocycles. The molecule has 0 saturated carbocycles. The van der Waals surface area contributed by atoms with Gasteiger partial charge in [0.25, 0.3) is 0 Å². The first-order valence-electron chi connectivity index (χ1n) is 5.15. The maximum Gasteiger partial charge on any atom is 0.148 e. The van der Waals surface area contributed by atoms with E-state index in [9.17, 15) is 0 Å². The summed E-state index contributed by atoms with van der Waals surface area (Å²) in [5.41, 5.74) is 1.02. The molecule has 0 N–H and O–H groups in total. The SMILES string of the molecule is COc1c(C(C)C)ncc2ccccc12. The van der Waals surface area contributed by atoms with Crippen LogP contribution in [0.25, 0.3) is 10.8 Å². The van der Waals surface area contributed by atoms with Crippen molar-refractivity contribution in [2.45, 2.75) is 19.8 Å². The van der Waals surface area contributed by atoms with Crippen LogP contribution >= 0.6 is 0 Å². The summed E-state index contributed by atoms with van der Waals surface area (Å²) < 4.78 is 5.46. The van der Waals surface area contributed by atoms with Crippen molar-refractivity contribution in [3.63, 3.8) is 0 Å². The second-order valence-electron chi connectivity index (χ2n) is 3.92. The molecule has 0 fully saturated rings. The van der Waals surface area contributed by atoms with Crippen LogP contribution in [0.2, 0.25) is 0 Å². The van der Waals surface area contributed by atoms with Crippen molar-refractivity contribution in [1.82, 2.24) is 4.98 Å². The average Bonchev–Trinajstić information content (AvgIpc) is 2.27. The van der Waals surface area contributed by atoms with Crippen molar-refractivity contribution in [3.8, 4) is 5.75 Å². The molecule has 0 radical (unpaired) electrons. The summed E-state index contributed by atoms with van der Waals surface area (Å²) >= 11 is 0. The highest BCUT2D eigenvalue weighted by Gasteiger charge is 2.11. The highest BCUT2D eigenvalue weighted by molar-refractivity contribution is 5.88. The van der Waals surface area contributed by atoms with E-state index in [0.29, 0.717) is 5.92 Å². The third-order valence-corrected chi connectivity index (χ3v) is 2.53. The van der Waals surface area contributed by atoms with Crippen LogP contribution in [0, 0.1) is 0 Å². The van der Waals surface area contributed by atoms with Crippen molar-refractivity contribution >= 4 is 10.8 Å². The van der Waals surface area contributed by atoms with E-state index in [1.54, 1.807) is 7.11 Å². The van der Waals surface area contributed by atoms with E-state index < -0.39 is 0 Å². The van der Waals surface area contributed by atoms with E-state index in [4.69, 9.17) is 4.74 Å². The van der Waals surface area contributed by atoms with Crippen molar-refractivity contribution in [3.05, 3.63) is 36.2 Å². The van der Waals surface area contributed by atoms with Gasteiger partial charge in [-0.1, -0.05) is 38.1 Å². The Morgan fingerprint density at radius 2 is 1.93 bits per heavy atom. The molecule has 0 spiro atoms. The lowest BCUT2D eigenvalue weighted by molar-refractivity contribution is 0.409. The first-order chi connectivity index (χ1) is 7.24. The predicted molar refractivity (Wildman–Crippen MR) is 62.4 cm³/mol. The lowest BCUT2D eigenvalue weighted by Gasteiger charge is -2.12. The van der Waals surface area contributed by atoms with Crippen LogP contribution in [0.15, 0.2) is 30.5 Å². The van der Waals surface area contributed by atoms with E-state index in [-0.39, 0.29) is 0 Å². The Balaban J connectivity index is 2.75. The first kappa shape index (κ1) is 9.97. The quantitative estimate of drug-likeness (QED) is 0.743. The predicted octanol–water partition coefficient (Wildman–Crippen LogP) is 3.37. The summed E-state index contributed by atoms with van der Waals surface area (Å²) in [4.78, 5) is 4.45. The lowest BCUT2D eigenvalue weighted by atomic mass is 10.0. The maximum absolute atomic E-state index is 5.46. The molecule has 2 rings (SSSR count). The van der Waals surface area contributed by atoms with Crippen LogP contribution in [0.3, 0.4) is 0 Å². The molecule has 2 aromatic rings. The van der Waals surface area contributed by atoms with E-state index in [0.717, 1.165) is 22.2 Å². The fourth-order valence-electron chi connectivity index (χ4n) is 1.78. The Morgan fingerprint density at radius 3 is 2.60 bits per heavy atom. The zero-order valence-electron chi connectivity index (χ0n) is 9.32. The number of ether oxygens (including phenoxy) is 1. The standard InChI is InChI=1S/C13H15NO/c1-9(2)12-13(15-3)11-7-5-4-6-10(11)8-14-12/h4-9H,1-3H3. The number of hydrogen-bond acceptors (Lipinski definition) is 2. The Hall–Kier alpha value is -1.57. The van der Waals surface area contributed by atoms with Gasteiger partial charge in [-0.15, -0.1) is 0 Å². The molecule has 0 bridgehead atoms. The third kappa shape index (κ3) is 1.67. The van der Waals surface area contributed by atoms with Crippen molar-refractivity contribution in [2.24, 2.45) is 0 Å². The second kappa shape index (κ2) is 3.89. The summed E-state index contributed by atoms with van der Waals surface area (Å²) in [6.07, 6.45) is 1.91. The van der Waals surface area contributed by atoms with Crippen LogP contribution in [0.1, 0.15) is 25.5 Å². The summed E-state index contributed by atoms with van der Waals surface area (Å²) in [6.45, 7) is 4.25. The third-order valence-electron chi connectivity index (χ3n) is 2.53. The van der Waals surface area contributed by atoms with Gasteiger partial charge in [-0.2, -0.15) is 0 Å². The fraction of sp³-hybridized carbons (Fsp3) is 0.308. The van der Waals surface area contributed by atoms with Gasteiger partial charge in [0.1, 0.15) is 5.75 Å². The maximum atomic E-state index is 5.46. The average molecular weight is 201 g/mol. The molecule has 0 aliphatic rings. The molecule has 0 atom stereocenters. The van der Waals surface area contributed by atoms with E-state index >= 15 is 0 Å². The van der Waals surface area contributed by atoms with E-state index in [1.807, 2.05) is 18.3 Å². The minimum absolute atomic E-state index is 0.379. The molecule has 1 aromatic heterocycles. The van der Waals surface area contributed by atoms with Crippen LogP contribution in [-0.4, -0.2) is 12.1 Å². The Kier molecular flexibility index (Phi) is 2.58. The molecular weight excluding hydrogens is 186 g/mol. The zero-order valence-corrected chi connectivity index (χ0v) is 9.32. The molecule has 2 heteroatoms. The Labute approximate surface area is 89.9 Å². The van der Waals surface area contributed by atoms with Crippen LogP contribution in [-0.2, 0) is 0 Å². The number of methoxy groups -OCH3 is 1. The number of aromatic nitrogens is 1. The van der Waals surface area contributed by atoms with Gasteiger partial charge in [0.15, 0.2) is 0 Å². The van der Waals surface area contributed by atoms with Crippen LogP contribution < -0.4 is 4.74 Å². The molecule has 78 valence electrons. The molecule has 2 nitrogen and oxygen atoms in total. The smallest absolute Gasteiger partial charge is 0.148 e. The normalized spacial score (nSPS) is 10.9. The largest absolute Gasteiger partial charge is 0.494 e. The minimum Gasteiger partial charge on any atom is -0.494 e. The van der Waals surface area contributed by atoms with Crippen molar-refractivity contribution in [1.29, 1.82) is 0 Å². The molecular formula is C13H15NO. The minimum atomic E-state index is 0.379. The van der Waals surface area contributed by atoms with Gasteiger partial charge in [-0.05, 0) is 5.92 Å². The molecule has 0 aliphatic heterocycles. The van der Waals surface area contributed by atoms with Crippen molar-refractivity contribution in [2.75, 3.05) is 7.11 Å². The fourth-order valence-corrected chi connectivity index (χ4v) is 1.78. The summed E-state index contributed by atoms with van der Waals surface area (Å²) in [6, 6.07) is 8.16. The number of pyridine rings is 1. The molecule has 0 saturated heterocycles. The molecule has 0 aliphatic carbocycles. The van der Waals surface area contributed by atoms with E-state index in [2.05, 4.69) is 31.0 Å². The number of rotatable bonds is 2. The van der Waals surface area contributed by atoms with Gasteiger partial charge < -0.3 is 4.74 Å². The van der Waals surface area contributed by atoms with Crippen LogP contribution in [0.5, 0.6) is 5.75 Å². The summed E-state index contributed by atoms with van der Waals surface area (Å²) in [5.74, 6) is 1.28. The van der Waals surface area contributed by atoms with Gasteiger partial charge in [-0.25, -0.2) is 0 Å². The number of benzene rings is 1. The van der Waals surface area contributed by atoms with Gasteiger partial charge in [0, 0.05) is 17.0 Å². The second-order valence-corrected chi connectivity index (χ2v) is 3.92. The summed E-state index contributed by atoms with van der Waals surface area (Å²) in [5, 5.41) is 2.26. The molecule has 0 amide bonds. The Bertz CT molecular complexity index is 477. The topological polar surface area (TPSA) is 22.1 Å². The van der Waals surface area contributed by atoms with Gasteiger partial charge >= 0.3 is 0 Å². The van der Waals surface area contributed by atoms with Crippen LogP contribution in [0.4, 0.5) is 0 Å². The number of fused-ring (bicyclic) bond motifs is 1. The highest BCUT2D eigenvalue weighted by atomic mass is 16.5. The van der Waals surface area contributed by atoms with Gasteiger partial charge in [-0.3, -0.25) is 4.98 Å². The van der Waals surface area contributed by atoms with Gasteiger partial charge in [0.05, 0.1) is 12.8 Å². The summed E-state index contributed by atoms with van der Waals surface area (Å²) in [7, 11) is 1.70. The molecule has 1 aromatic carbocycles. The number of hydrogen-bond donors (Lipinski definition) is 0. The number of nitrogens with zero attached hydrogens (tertiary/aromatic N) is 1. The van der Waals surface area contributed by atoms with E-state index in [1.165, 1.54) is 0 Å². The monoisotopic (exact) mass is 201 g/mol. The van der Waals surface area contributed by atoms with Crippen molar-refractivity contribution < 1.29 is 4.74 Å². The first-order valence-corrected chi connectivity index (χ1v) is 5.15. The Morgan fingerprint density at radius 1 is 1.20 bits per heavy atom. The highest BCUT2D eigenvalue weighted by Crippen LogP contribution is 2.31. The molecule has 15 heavy (non-hydrogen) atoms. The zero-order chi connectivity index (χ0) is 10.8. The molecule has 0 unspecified atom stereocenters. The lowest BCUT2D eigenvalue weighted by Crippen LogP contribution is -1.98. The van der Waals surface area contributed by atoms with Gasteiger partial charge in [0.2, 0.25) is 0 Å².